The summed E-state index contributed by atoms with van der Waals surface area (Å²) >= 11 is 0. The molecule has 1 saturated heterocycles. The first-order valence-corrected chi connectivity index (χ1v) is 7.83. The second kappa shape index (κ2) is 5.34. The van der Waals surface area contributed by atoms with Crippen molar-refractivity contribution in [2.45, 2.75) is 77.7 Å². The summed E-state index contributed by atoms with van der Waals surface area (Å²) in [4.78, 5) is 2.67. The molecule has 0 bridgehead atoms. The predicted octanol–water partition coefficient (Wildman–Crippen LogP) is 2.65. The molecule has 3 heteroatoms. The minimum Gasteiger partial charge on any atom is -0.370 e. The maximum Gasteiger partial charge on any atom is 0.0757 e. The Morgan fingerprint density at radius 2 is 1.95 bits per heavy atom. The molecule has 1 N–H and O–H groups in total. The van der Waals surface area contributed by atoms with Gasteiger partial charge in [0.25, 0.3) is 0 Å². The molecule has 19 heavy (non-hydrogen) atoms. The van der Waals surface area contributed by atoms with Gasteiger partial charge in [0.1, 0.15) is 0 Å². The Hall–Kier alpha value is -0.120. The zero-order valence-electron chi connectivity index (χ0n) is 13.6. The molecule has 1 saturated carbocycles. The quantitative estimate of drug-likeness (QED) is 0.851. The number of hydrogen-bond donors (Lipinski definition) is 1. The van der Waals surface area contributed by atoms with Gasteiger partial charge in [-0.2, -0.15) is 0 Å². The molecule has 3 unspecified atom stereocenters. The first-order chi connectivity index (χ1) is 8.66. The van der Waals surface area contributed by atoms with Crippen LogP contribution in [0, 0.1) is 5.92 Å². The van der Waals surface area contributed by atoms with E-state index in [9.17, 15) is 0 Å². The molecular formula is C16H32N2O. The lowest BCUT2D eigenvalue weighted by molar-refractivity contribution is -0.151. The molecule has 0 aromatic rings. The third-order valence-corrected chi connectivity index (χ3v) is 4.34. The third kappa shape index (κ3) is 4.17. The maximum atomic E-state index is 6.01. The van der Waals surface area contributed by atoms with Crippen LogP contribution in [0.2, 0.25) is 0 Å². The second-order valence-electron chi connectivity index (χ2n) is 8.15. The van der Waals surface area contributed by atoms with Crippen molar-refractivity contribution >= 4 is 0 Å². The number of rotatable bonds is 3. The predicted molar refractivity (Wildman–Crippen MR) is 80.5 cm³/mol. The highest BCUT2D eigenvalue weighted by Gasteiger charge is 2.41. The normalized spacial score (nSPS) is 36.0. The molecule has 0 radical (unpaired) electrons. The molecule has 112 valence electrons. The fraction of sp³-hybridized carbons (Fsp3) is 1.00. The van der Waals surface area contributed by atoms with Crippen molar-refractivity contribution in [3.63, 3.8) is 0 Å². The lowest BCUT2D eigenvalue weighted by Crippen LogP contribution is -2.60. The fourth-order valence-corrected chi connectivity index (χ4v) is 3.46. The first-order valence-electron chi connectivity index (χ1n) is 7.83. The molecule has 0 aromatic carbocycles. The largest absolute Gasteiger partial charge is 0.370 e. The van der Waals surface area contributed by atoms with Crippen LogP contribution >= 0.6 is 0 Å². The highest BCUT2D eigenvalue weighted by Crippen LogP contribution is 2.35. The van der Waals surface area contributed by atoms with Crippen LogP contribution in [0.25, 0.3) is 0 Å². The minimum atomic E-state index is 0.00919. The molecule has 1 aliphatic heterocycles. The van der Waals surface area contributed by atoms with Crippen molar-refractivity contribution < 1.29 is 4.74 Å². The zero-order valence-corrected chi connectivity index (χ0v) is 13.6. The van der Waals surface area contributed by atoms with Gasteiger partial charge < -0.3 is 10.1 Å². The number of morpholine rings is 1. The summed E-state index contributed by atoms with van der Waals surface area (Å²) in [6, 6.07) is 0.764. The molecule has 3 atom stereocenters. The van der Waals surface area contributed by atoms with Crippen LogP contribution in [0.3, 0.4) is 0 Å². The molecule has 1 aliphatic carbocycles. The summed E-state index contributed by atoms with van der Waals surface area (Å²) < 4.78 is 6.01. The van der Waals surface area contributed by atoms with Crippen LogP contribution in [0.1, 0.15) is 54.4 Å². The zero-order chi connectivity index (χ0) is 14.3. The van der Waals surface area contributed by atoms with Crippen LogP contribution in [-0.2, 0) is 4.74 Å². The molecule has 2 rings (SSSR count). The first kappa shape index (κ1) is 15.3. The molecule has 2 aliphatic rings. The Labute approximate surface area is 119 Å². The van der Waals surface area contributed by atoms with Crippen molar-refractivity contribution in [2.75, 3.05) is 19.6 Å². The summed E-state index contributed by atoms with van der Waals surface area (Å²) in [6.07, 6.45) is 3.10. The monoisotopic (exact) mass is 268 g/mol. The van der Waals surface area contributed by atoms with Gasteiger partial charge in [0.15, 0.2) is 0 Å². The molecule has 2 fully saturated rings. The summed E-state index contributed by atoms with van der Waals surface area (Å²) in [5.41, 5.74) is 0.243. The number of nitrogens with one attached hydrogen (secondary N) is 1. The van der Waals surface area contributed by atoms with Gasteiger partial charge in [-0.25, -0.2) is 0 Å². The molecule has 0 spiro atoms. The van der Waals surface area contributed by atoms with E-state index < -0.39 is 0 Å². The van der Waals surface area contributed by atoms with Gasteiger partial charge in [-0.3, -0.25) is 4.90 Å². The average Bonchev–Trinajstić information content (AvgIpc) is 2.09. The summed E-state index contributed by atoms with van der Waals surface area (Å²) in [5, 5.41) is 3.67. The van der Waals surface area contributed by atoms with Crippen molar-refractivity contribution in [3.05, 3.63) is 0 Å². The highest BCUT2D eigenvalue weighted by molar-refractivity contribution is 4.95. The van der Waals surface area contributed by atoms with E-state index in [1.807, 2.05) is 0 Å². The molecule has 0 aromatic heterocycles. The van der Waals surface area contributed by atoms with Gasteiger partial charge in [0, 0.05) is 24.7 Å². The van der Waals surface area contributed by atoms with Gasteiger partial charge in [-0.1, -0.05) is 0 Å². The van der Waals surface area contributed by atoms with Gasteiger partial charge >= 0.3 is 0 Å². The maximum absolute atomic E-state index is 6.01. The molecule has 3 nitrogen and oxygen atoms in total. The van der Waals surface area contributed by atoms with Crippen LogP contribution in [-0.4, -0.2) is 47.8 Å². The van der Waals surface area contributed by atoms with E-state index in [0.29, 0.717) is 6.10 Å². The number of ether oxygens (including phenoxy) is 1. The second-order valence-corrected chi connectivity index (χ2v) is 8.15. The minimum absolute atomic E-state index is 0.00919. The van der Waals surface area contributed by atoms with Gasteiger partial charge in [-0.05, 0) is 66.8 Å². The smallest absolute Gasteiger partial charge is 0.0757 e. The average molecular weight is 268 g/mol. The van der Waals surface area contributed by atoms with Crippen molar-refractivity contribution in [1.82, 2.24) is 10.2 Å². The van der Waals surface area contributed by atoms with E-state index in [1.165, 1.54) is 12.8 Å². The van der Waals surface area contributed by atoms with Crippen molar-refractivity contribution in [2.24, 2.45) is 5.92 Å². The van der Waals surface area contributed by atoms with Crippen LogP contribution in [0.5, 0.6) is 0 Å². The molecular weight excluding hydrogens is 236 g/mol. The Morgan fingerprint density at radius 1 is 1.26 bits per heavy atom. The van der Waals surface area contributed by atoms with Crippen molar-refractivity contribution in [3.8, 4) is 0 Å². The Kier molecular flexibility index (Phi) is 4.29. The third-order valence-electron chi connectivity index (χ3n) is 4.34. The van der Waals surface area contributed by atoms with E-state index in [4.69, 9.17) is 4.74 Å². The van der Waals surface area contributed by atoms with E-state index in [0.717, 1.165) is 31.6 Å². The summed E-state index contributed by atoms with van der Waals surface area (Å²) in [6.45, 7) is 16.7. The Bertz CT molecular complexity index is 308. The topological polar surface area (TPSA) is 24.5 Å². The van der Waals surface area contributed by atoms with E-state index >= 15 is 0 Å². The highest BCUT2D eigenvalue weighted by atomic mass is 16.5. The van der Waals surface area contributed by atoms with Gasteiger partial charge in [0.05, 0.1) is 11.7 Å². The van der Waals surface area contributed by atoms with Gasteiger partial charge in [-0.15, -0.1) is 0 Å². The molecule has 1 heterocycles. The summed E-state index contributed by atoms with van der Waals surface area (Å²) in [5.74, 6) is 0.820. The van der Waals surface area contributed by atoms with Crippen LogP contribution in [0.4, 0.5) is 0 Å². The Morgan fingerprint density at radius 3 is 2.42 bits per heavy atom. The number of nitrogens with zero attached hydrogens (tertiary/aromatic N) is 1. The number of hydrogen-bond acceptors (Lipinski definition) is 3. The van der Waals surface area contributed by atoms with Crippen LogP contribution < -0.4 is 5.32 Å². The van der Waals surface area contributed by atoms with Gasteiger partial charge in [0.2, 0.25) is 0 Å². The lowest BCUT2D eigenvalue weighted by Gasteiger charge is -2.51. The Balaban J connectivity index is 1.88. The lowest BCUT2D eigenvalue weighted by atomic mass is 9.77. The fourth-order valence-electron chi connectivity index (χ4n) is 3.46. The SMILES string of the molecule is CC1CN(C2CCC2CNC(C)(C)C)CC(C)(C)O1. The molecule has 0 amide bonds. The van der Waals surface area contributed by atoms with E-state index in [2.05, 4.69) is 51.8 Å². The standard InChI is InChI=1S/C16H32N2O/c1-12-10-18(11-16(5,6)19-12)14-8-7-13(14)9-17-15(2,3)4/h12-14,17H,7-11H2,1-6H3. The van der Waals surface area contributed by atoms with E-state index in [1.54, 1.807) is 0 Å². The van der Waals surface area contributed by atoms with Crippen molar-refractivity contribution in [1.29, 1.82) is 0 Å². The van der Waals surface area contributed by atoms with E-state index in [-0.39, 0.29) is 11.1 Å². The van der Waals surface area contributed by atoms with Crippen LogP contribution in [0.15, 0.2) is 0 Å². The summed E-state index contributed by atoms with van der Waals surface area (Å²) in [7, 11) is 0.